The quantitative estimate of drug-likeness (QED) is 0.815. The molecule has 1 aromatic heterocycles. The maximum Gasteiger partial charge on any atom is 0.219 e. The van der Waals surface area contributed by atoms with E-state index in [2.05, 4.69) is 43.5 Å². The molecule has 0 spiro atoms. The monoisotopic (exact) mass is 287 g/mol. The molecular formula is C17H25N3O. The Hall–Kier alpha value is -1.84. The Kier molecular flexibility index (Phi) is 4.99. The number of hydrogen-bond donors (Lipinski definition) is 0. The molecule has 0 aliphatic rings. The van der Waals surface area contributed by atoms with Crippen molar-refractivity contribution in [2.45, 2.75) is 53.6 Å². The number of imidazole rings is 1. The van der Waals surface area contributed by atoms with E-state index in [-0.39, 0.29) is 5.91 Å². The minimum atomic E-state index is 0.114. The van der Waals surface area contributed by atoms with Crippen molar-refractivity contribution in [1.29, 1.82) is 0 Å². The van der Waals surface area contributed by atoms with Crippen molar-refractivity contribution in [3.05, 3.63) is 29.6 Å². The number of hydrogen-bond acceptors (Lipinski definition) is 2. The third-order valence-electron chi connectivity index (χ3n) is 3.70. The van der Waals surface area contributed by atoms with Gasteiger partial charge < -0.3 is 9.47 Å². The molecule has 0 saturated heterocycles. The number of amides is 1. The highest BCUT2D eigenvalue weighted by Crippen LogP contribution is 2.19. The molecule has 0 aliphatic heterocycles. The predicted octanol–water partition coefficient (Wildman–Crippen LogP) is 3.51. The van der Waals surface area contributed by atoms with Gasteiger partial charge in [0.05, 0.1) is 17.6 Å². The summed E-state index contributed by atoms with van der Waals surface area (Å²) < 4.78 is 2.25. The molecule has 4 nitrogen and oxygen atoms in total. The van der Waals surface area contributed by atoms with E-state index in [0.717, 1.165) is 42.8 Å². The van der Waals surface area contributed by atoms with Crippen LogP contribution >= 0.6 is 0 Å². The lowest BCUT2D eigenvalue weighted by molar-refractivity contribution is -0.129. The third kappa shape index (κ3) is 3.43. The van der Waals surface area contributed by atoms with Crippen LogP contribution in [0.1, 0.15) is 45.0 Å². The van der Waals surface area contributed by atoms with E-state index in [0.29, 0.717) is 6.54 Å². The molecule has 1 heterocycles. The van der Waals surface area contributed by atoms with Crippen molar-refractivity contribution < 1.29 is 4.79 Å². The number of carbonyl (C=O) groups excluding carboxylic acids is 1. The van der Waals surface area contributed by atoms with Gasteiger partial charge in [-0.15, -0.1) is 0 Å². The maximum absolute atomic E-state index is 11.8. The Morgan fingerprint density at radius 2 is 2.05 bits per heavy atom. The molecular weight excluding hydrogens is 262 g/mol. The van der Waals surface area contributed by atoms with Crippen LogP contribution < -0.4 is 0 Å². The molecule has 0 aliphatic carbocycles. The molecule has 0 saturated carbocycles. The van der Waals surface area contributed by atoms with E-state index in [1.807, 2.05) is 4.90 Å². The van der Waals surface area contributed by atoms with Crippen molar-refractivity contribution in [3.8, 4) is 0 Å². The Labute approximate surface area is 126 Å². The first-order chi connectivity index (χ1) is 10.1. The van der Waals surface area contributed by atoms with Crippen molar-refractivity contribution in [2.24, 2.45) is 0 Å². The summed E-state index contributed by atoms with van der Waals surface area (Å²) in [6.07, 6.45) is 2.02. The van der Waals surface area contributed by atoms with Gasteiger partial charge in [0.25, 0.3) is 0 Å². The van der Waals surface area contributed by atoms with E-state index < -0.39 is 0 Å². The number of nitrogens with zero attached hydrogens (tertiary/aromatic N) is 3. The molecule has 0 N–H and O–H groups in total. The van der Waals surface area contributed by atoms with Gasteiger partial charge in [-0.3, -0.25) is 4.79 Å². The van der Waals surface area contributed by atoms with Gasteiger partial charge in [0.1, 0.15) is 5.82 Å². The Morgan fingerprint density at radius 1 is 1.29 bits per heavy atom. The zero-order valence-corrected chi connectivity index (χ0v) is 13.5. The molecule has 0 radical (unpaired) electrons. The lowest BCUT2D eigenvalue weighted by Gasteiger charge is -2.20. The maximum atomic E-state index is 11.8. The highest BCUT2D eigenvalue weighted by atomic mass is 16.2. The van der Waals surface area contributed by atoms with Crippen LogP contribution in [0.4, 0.5) is 0 Å². The van der Waals surface area contributed by atoms with Gasteiger partial charge in [0.2, 0.25) is 5.91 Å². The highest BCUT2D eigenvalue weighted by Gasteiger charge is 2.15. The summed E-state index contributed by atoms with van der Waals surface area (Å²) in [6.45, 7) is 10.3. The molecule has 0 unspecified atom stereocenters. The van der Waals surface area contributed by atoms with Gasteiger partial charge in [-0.05, 0) is 37.5 Å². The first-order valence-corrected chi connectivity index (χ1v) is 7.78. The third-order valence-corrected chi connectivity index (χ3v) is 3.70. The highest BCUT2D eigenvalue weighted by molar-refractivity contribution is 5.77. The van der Waals surface area contributed by atoms with Gasteiger partial charge in [0, 0.05) is 20.0 Å². The normalized spacial score (nSPS) is 11.0. The molecule has 1 amide bonds. The summed E-state index contributed by atoms with van der Waals surface area (Å²) in [4.78, 5) is 18.4. The van der Waals surface area contributed by atoms with Crippen LogP contribution in [0.5, 0.6) is 0 Å². The van der Waals surface area contributed by atoms with E-state index >= 15 is 0 Å². The average molecular weight is 287 g/mol. The Bertz CT molecular complexity index is 630. The zero-order chi connectivity index (χ0) is 15.4. The Balaban J connectivity index is 2.41. The fraction of sp³-hybridized carbons (Fsp3) is 0.529. The standard InChI is InChI=1S/C17H25N3O/c1-5-9-19(14(4)21)12-17-18-15-11-13(3)7-8-16(15)20(17)10-6-2/h7-8,11H,5-6,9-10,12H2,1-4H3. The summed E-state index contributed by atoms with van der Waals surface area (Å²) in [5.74, 6) is 1.10. The van der Waals surface area contributed by atoms with Gasteiger partial charge in [-0.25, -0.2) is 4.98 Å². The lowest BCUT2D eigenvalue weighted by Crippen LogP contribution is -2.30. The largest absolute Gasteiger partial charge is 0.335 e. The second-order valence-corrected chi connectivity index (χ2v) is 5.61. The Morgan fingerprint density at radius 3 is 2.67 bits per heavy atom. The number of aryl methyl sites for hydroxylation is 2. The minimum Gasteiger partial charge on any atom is -0.335 e. The smallest absolute Gasteiger partial charge is 0.219 e. The molecule has 0 bridgehead atoms. The molecule has 4 heteroatoms. The number of benzene rings is 1. The minimum absolute atomic E-state index is 0.114. The zero-order valence-electron chi connectivity index (χ0n) is 13.5. The van der Waals surface area contributed by atoms with Gasteiger partial charge in [-0.2, -0.15) is 0 Å². The molecule has 0 atom stereocenters. The van der Waals surface area contributed by atoms with Gasteiger partial charge >= 0.3 is 0 Å². The topological polar surface area (TPSA) is 38.1 Å². The number of carbonyl (C=O) groups is 1. The van der Waals surface area contributed by atoms with Crippen molar-refractivity contribution >= 4 is 16.9 Å². The number of fused-ring (bicyclic) bond motifs is 1. The average Bonchev–Trinajstić information content (AvgIpc) is 2.75. The van der Waals surface area contributed by atoms with Crippen molar-refractivity contribution in [2.75, 3.05) is 6.54 Å². The van der Waals surface area contributed by atoms with Crippen molar-refractivity contribution in [3.63, 3.8) is 0 Å². The summed E-state index contributed by atoms with van der Waals surface area (Å²) in [6, 6.07) is 6.37. The SMILES string of the molecule is CCCN(Cc1nc2cc(C)ccc2n1CCC)C(C)=O. The molecule has 21 heavy (non-hydrogen) atoms. The fourth-order valence-electron chi connectivity index (χ4n) is 2.67. The summed E-state index contributed by atoms with van der Waals surface area (Å²) in [5.41, 5.74) is 3.41. The van der Waals surface area contributed by atoms with Gasteiger partial charge in [0.15, 0.2) is 0 Å². The van der Waals surface area contributed by atoms with E-state index in [1.54, 1.807) is 6.92 Å². The molecule has 114 valence electrons. The molecule has 0 fully saturated rings. The van der Waals surface area contributed by atoms with Crippen LogP contribution in [0.2, 0.25) is 0 Å². The molecule has 1 aromatic carbocycles. The first kappa shape index (κ1) is 15.5. The molecule has 2 rings (SSSR count). The van der Waals surface area contributed by atoms with E-state index in [9.17, 15) is 4.79 Å². The number of rotatable bonds is 6. The van der Waals surface area contributed by atoms with Crippen LogP contribution in [0.25, 0.3) is 11.0 Å². The number of aromatic nitrogens is 2. The fourth-order valence-corrected chi connectivity index (χ4v) is 2.67. The van der Waals surface area contributed by atoms with Crippen LogP contribution in [-0.2, 0) is 17.9 Å². The van der Waals surface area contributed by atoms with Crippen LogP contribution in [0.3, 0.4) is 0 Å². The predicted molar refractivity (Wildman–Crippen MR) is 86.1 cm³/mol. The summed E-state index contributed by atoms with van der Waals surface area (Å²) >= 11 is 0. The second kappa shape index (κ2) is 6.74. The van der Waals surface area contributed by atoms with E-state index in [1.165, 1.54) is 5.56 Å². The lowest BCUT2D eigenvalue weighted by atomic mass is 10.2. The second-order valence-electron chi connectivity index (χ2n) is 5.61. The van der Waals surface area contributed by atoms with Gasteiger partial charge in [-0.1, -0.05) is 19.9 Å². The molecule has 2 aromatic rings. The van der Waals surface area contributed by atoms with Crippen LogP contribution in [0.15, 0.2) is 18.2 Å². The van der Waals surface area contributed by atoms with Crippen LogP contribution in [0, 0.1) is 6.92 Å². The van der Waals surface area contributed by atoms with Crippen LogP contribution in [-0.4, -0.2) is 26.9 Å². The van der Waals surface area contributed by atoms with E-state index in [4.69, 9.17) is 4.98 Å². The first-order valence-electron chi connectivity index (χ1n) is 7.78. The van der Waals surface area contributed by atoms with Crippen molar-refractivity contribution in [1.82, 2.24) is 14.5 Å². The summed E-state index contributed by atoms with van der Waals surface area (Å²) in [5, 5.41) is 0. The summed E-state index contributed by atoms with van der Waals surface area (Å²) in [7, 11) is 0.